The molecule has 3 aromatic rings. The molecule has 0 spiro atoms. The minimum atomic E-state index is -0.481. The Morgan fingerprint density at radius 2 is 2.23 bits per heavy atom. The number of aromatic nitrogens is 2. The Morgan fingerprint density at radius 1 is 1.36 bits per heavy atom. The summed E-state index contributed by atoms with van der Waals surface area (Å²) < 4.78 is 4.99. The van der Waals surface area contributed by atoms with Crippen LogP contribution >= 0.6 is 0 Å². The zero-order valence-electron chi connectivity index (χ0n) is 11.6. The molecule has 1 aromatic heterocycles. The maximum atomic E-state index is 11.5. The van der Waals surface area contributed by atoms with Crippen LogP contribution in [0.15, 0.2) is 42.6 Å². The van der Waals surface area contributed by atoms with Crippen molar-refractivity contribution >= 4 is 28.1 Å². The molecule has 7 nitrogen and oxygen atoms in total. The third-order valence-corrected chi connectivity index (χ3v) is 3.04. The van der Waals surface area contributed by atoms with Crippen molar-refractivity contribution in [2.45, 2.75) is 0 Å². The van der Waals surface area contributed by atoms with E-state index in [4.69, 9.17) is 4.74 Å². The minimum absolute atomic E-state index is 0.146. The Labute approximate surface area is 125 Å². The highest BCUT2D eigenvalue weighted by molar-refractivity contribution is 5.92. The number of hydrogen-bond acceptors (Lipinski definition) is 6. The molecule has 0 unspecified atom stereocenters. The number of rotatable bonds is 4. The van der Waals surface area contributed by atoms with Crippen LogP contribution in [-0.2, 0) is 0 Å². The summed E-state index contributed by atoms with van der Waals surface area (Å²) in [6, 6.07) is 13.2. The second kappa shape index (κ2) is 5.65. The number of nitro benzene ring substituents is 1. The predicted octanol–water partition coefficient (Wildman–Crippen LogP) is 3.09. The van der Waals surface area contributed by atoms with E-state index in [1.807, 2.05) is 0 Å². The Kier molecular flexibility index (Phi) is 3.53. The molecule has 0 atom stereocenters. The summed E-state index contributed by atoms with van der Waals surface area (Å²) in [6.07, 6.45) is 1.42. The van der Waals surface area contributed by atoms with Crippen LogP contribution in [0.5, 0.6) is 5.88 Å². The van der Waals surface area contributed by atoms with Crippen molar-refractivity contribution in [2.75, 3.05) is 12.4 Å². The molecule has 0 saturated carbocycles. The first-order valence-electron chi connectivity index (χ1n) is 6.40. The number of nitrogens with zero attached hydrogens (tertiary/aromatic N) is 3. The topological polar surface area (TPSA) is 90.2 Å². The number of anilines is 2. The molecule has 3 rings (SSSR count). The van der Waals surface area contributed by atoms with Crippen molar-refractivity contribution in [1.29, 1.82) is 0 Å². The highest BCUT2D eigenvalue weighted by atomic mass is 16.6. The maximum Gasteiger partial charge on any atom is 0.320 e. The normalized spacial score (nSPS) is 10.4. The number of nitrogens with one attached hydrogen (secondary N) is 1. The van der Waals surface area contributed by atoms with Gasteiger partial charge in [-0.3, -0.25) is 10.1 Å². The van der Waals surface area contributed by atoms with Gasteiger partial charge in [-0.15, -0.1) is 0 Å². The van der Waals surface area contributed by atoms with E-state index >= 15 is 0 Å². The Morgan fingerprint density at radius 3 is 2.91 bits per heavy atom. The third kappa shape index (κ3) is 2.51. The average molecular weight is 295 g/mol. The van der Waals surface area contributed by atoms with Gasteiger partial charge in [0.2, 0.25) is 5.88 Å². The number of methoxy groups -OCH3 is 1. The molecule has 22 heavy (non-hydrogen) atoms. The van der Waals surface area contributed by atoms with Gasteiger partial charge in [-0.25, -0.2) is 9.97 Å². The first kappa shape index (κ1) is 13.7. The van der Waals surface area contributed by atoms with Gasteiger partial charge in [-0.05, 0) is 30.3 Å². The molecule has 109 valence electrons. The van der Waals surface area contributed by atoms with Gasteiger partial charge in [0, 0.05) is 5.69 Å². The lowest BCUT2D eigenvalue weighted by molar-refractivity contribution is -0.382. The van der Waals surface area contributed by atoms with E-state index in [9.17, 15) is 10.1 Å². The fraction of sp³-hybridized carbons (Fsp3) is 0.0667. The van der Waals surface area contributed by atoms with E-state index in [1.54, 1.807) is 36.4 Å². The smallest absolute Gasteiger partial charge is 0.320 e. The van der Waals surface area contributed by atoms with Crippen molar-refractivity contribution < 1.29 is 9.66 Å². The molecule has 0 amide bonds. The Balaban J connectivity index is 2.17. The molecule has 2 aromatic carbocycles. The minimum Gasteiger partial charge on any atom is -0.480 e. The SMILES string of the molecule is COc1cnc2ccc(Nc3c[c]ccc3)c([N+](=O)[O-])c2n1. The van der Waals surface area contributed by atoms with Crippen molar-refractivity contribution in [3.63, 3.8) is 0 Å². The predicted molar refractivity (Wildman–Crippen MR) is 81.3 cm³/mol. The highest BCUT2D eigenvalue weighted by Crippen LogP contribution is 2.34. The van der Waals surface area contributed by atoms with Crippen LogP contribution in [0, 0.1) is 16.2 Å². The van der Waals surface area contributed by atoms with E-state index in [-0.39, 0.29) is 17.1 Å². The molecular weight excluding hydrogens is 284 g/mol. The Bertz CT molecular complexity index is 837. The molecule has 0 saturated heterocycles. The van der Waals surface area contributed by atoms with Gasteiger partial charge in [0.1, 0.15) is 5.69 Å². The monoisotopic (exact) mass is 295 g/mol. The van der Waals surface area contributed by atoms with Crippen LogP contribution in [-0.4, -0.2) is 22.0 Å². The van der Waals surface area contributed by atoms with E-state index in [0.29, 0.717) is 16.9 Å². The van der Waals surface area contributed by atoms with Crippen LogP contribution in [0.3, 0.4) is 0 Å². The van der Waals surface area contributed by atoms with E-state index in [0.717, 1.165) is 0 Å². The summed E-state index contributed by atoms with van der Waals surface area (Å²) in [6.45, 7) is 0. The summed E-state index contributed by atoms with van der Waals surface area (Å²) in [5.41, 5.74) is 1.49. The maximum absolute atomic E-state index is 11.5. The zero-order valence-corrected chi connectivity index (χ0v) is 11.6. The summed E-state index contributed by atoms with van der Waals surface area (Å²) in [4.78, 5) is 19.3. The molecule has 1 N–H and O–H groups in total. The van der Waals surface area contributed by atoms with Gasteiger partial charge in [-0.2, -0.15) is 0 Å². The molecule has 1 radical (unpaired) electrons. The van der Waals surface area contributed by atoms with Crippen LogP contribution in [0.4, 0.5) is 17.1 Å². The summed E-state index contributed by atoms with van der Waals surface area (Å²) in [5.74, 6) is 0.223. The van der Waals surface area contributed by atoms with Crippen LogP contribution < -0.4 is 10.1 Å². The number of ether oxygens (including phenoxy) is 1. The van der Waals surface area contributed by atoms with Crippen molar-refractivity contribution in [1.82, 2.24) is 9.97 Å². The van der Waals surface area contributed by atoms with Gasteiger partial charge >= 0.3 is 5.69 Å². The van der Waals surface area contributed by atoms with E-state index < -0.39 is 4.92 Å². The van der Waals surface area contributed by atoms with Gasteiger partial charge in [0.05, 0.1) is 23.7 Å². The van der Waals surface area contributed by atoms with Crippen LogP contribution in [0.1, 0.15) is 0 Å². The molecule has 0 fully saturated rings. The quantitative estimate of drug-likeness (QED) is 0.587. The summed E-state index contributed by atoms with van der Waals surface area (Å²) >= 11 is 0. The van der Waals surface area contributed by atoms with Crippen molar-refractivity contribution in [3.05, 3.63) is 58.8 Å². The van der Waals surface area contributed by atoms with Gasteiger partial charge in [0.15, 0.2) is 5.52 Å². The zero-order chi connectivity index (χ0) is 15.5. The first-order valence-corrected chi connectivity index (χ1v) is 6.40. The molecular formula is C15H11N4O3. The Hall–Kier alpha value is -3.22. The van der Waals surface area contributed by atoms with Crippen molar-refractivity contribution in [2.24, 2.45) is 0 Å². The second-order valence-corrected chi connectivity index (χ2v) is 4.42. The fourth-order valence-corrected chi connectivity index (χ4v) is 2.06. The molecule has 7 heteroatoms. The van der Waals surface area contributed by atoms with Crippen LogP contribution in [0.25, 0.3) is 11.0 Å². The standard InChI is InChI=1S/C15H11N4O3/c1-22-13-9-16-11-7-8-12(15(19(20)21)14(11)18-13)17-10-5-3-2-4-6-10/h2-3,5-9,17H,1H3. The first-order chi connectivity index (χ1) is 10.7. The highest BCUT2D eigenvalue weighted by Gasteiger charge is 2.21. The molecule has 0 bridgehead atoms. The third-order valence-electron chi connectivity index (χ3n) is 3.04. The number of hydrogen-bond donors (Lipinski definition) is 1. The van der Waals surface area contributed by atoms with E-state index in [2.05, 4.69) is 21.4 Å². The molecule has 0 aliphatic rings. The van der Waals surface area contributed by atoms with Crippen LogP contribution in [0.2, 0.25) is 0 Å². The van der Waals surface area contributed by atoms with Gasteiger partial charge in [-0.1, -0.05) is 12.1 Å². The lowest BCUT2D eigenvalue weighted by Gasteiger charge is -2.09. The van der Waals surface area contributed by atoms with Gasteiger partial charge < -0.3 is 10.1 Å². The molecule has 1 heterocycles. The van der Waals surface area contributed by atoms with Crippen molar-refractivity contribution in [3.8, 4) is 5.88 Å². The lowest BCUT2D eigenvalue weighted by Crippen LogP contribution is -2.00. The van der Waals surface area contributed by atoms with Gasteiger partial charge in [0.25, 0.3) is 0 Å². The second-order valence-electron chi connectivity index (χ2n) is 4.42. The van der Waals surface area contributed by atoms with E-state index in [1.165, 1.54) is 13.3 Å². The fourth-order valence-electron chi connectivity index (χ4n) is 2.06. The summed E-state index contributed by atoms with van der Waals surface area (Å²) in [5, 5.41) is 14.5. The molecule has 0 aliphatic heterocycles. The number of nitro groups is 1. The number of benzene rings is 2. The lowest BCUT2D eigenvalue weighted by atomic mass is 10.2. The largest absolute Gasteiger partial charge is 0.480 e. The average Bonchev–Trinajstić information content (AvgIpc) is 2.54. The number of fused-ring (bicyclic) bond motifs is 1. The summed E-state index contributed by atoms with van der Waals surface area (Å²) in [7, 11) is 1.43. The molecule has 0 aliphatic carbocycles.